The molecule has 2 heterocycles. The van der Waals surface area contributed by atoms with Crippen LogP contribution < -0.4 is 0 Å². The molecular weight excluding hydrogens is 202 g/mol. The number of carbonyl (C=O) groups is 1. The third-order valence-corrected chi connectivity index (χ3v) is 2.47. The lowest BCUT2D eigenvalue weighted by Gasteiger charge is -2.05. The Morgan fingerprint density at radius 3 is 2.94 bits per heavy atom. The number of pyridine rings is 1. The zero-order chi connectivity index (χ0) is 11.7. The molecule has 0 bridgehead atoms. The molecule has 0 radical (unpaired) electrons. The van der Waals surface area contributed by atoms with E-state index in [1.54, 1.807) is 10.7 Å². The summed E-state index contributed by atoms with van der Waals surface area (Å²) >= 11 is 0. The van der Waals surface area contributed by atoms with Crippen LogP contribution in [0.4, 0.5) is 0 Å². The van der Waals surface area contributed by atoms with Crippen molar-refractivity contribution < 1.29 is 4.79 Å². The highest BCUT2D eigenvalue weighted by Crippen LogP contribution is 2.13. The molecule has 0 saturated heterocycles. The Balaban J connectivity index is 2.41. The summed E-state index contributed by atoms with van der Waals surface area (Å²) in [4.78, 5) is 16.0. The number of rotatable bonds is 3. The number of nitrogens with zero attached hydrogens (tertiary/aromatic N) is 3. The molecule has 0 spiro atoms. The van der Waals surface area contributed by atoms with Gasteiger partial charge in [0.05, 0.1) is 0 Å². The standard InChI is InChI=1S/C12H15N3O/c1-8(2)4-11(16)10-5-9(3)12-13-7-14-15(12)6-10/h5-8H,4H2,1-3H3. The first kappa shape index (κ1) is 10.8. The molecule has 0 aromatic carbocycles. The van der Waals surface area contributed by atoms with Crippen molar-refractivity contribution in [2.75, 3.05) is 0 Å². The van der Waals surface area contributed by atoms with Crippen molar-refractivity contribution in [1.29, 1.82) is 0 Å². The summed E-state index contributed by atoms with van der Waals surface area (Å²) in [5.74, 6) is 0.537. The molecule has 84 valence electrons. The van der Waals surface area contributed by atoms with Gasteiger partial charge in [-0.05, 0) is 24.5 Å². The third kappa shape index (κ3) is 1.96. The van der Waals surface area contributed by atoms with Crippen LogP contribution >= 0.6 is 0 Å². The van der Waals surface area contributed by atoms with E-state index in [1.165, 1.54) is 6.33 Å². The molecule has 0 atom stereocenters. The molecular formula is C12H15N3O. The summed E-state index contributed by atoms with van der Waals surface area (Å²) in [7, 11) is 0. The molecule has 0 aliphatic heterocycles. The van der Waals surface area contributed by atoms with Crippen molar-refractivity contribution in [3.63, 3.8) is 0 Å². The second-order valence-electron chi connectivity index (χ2n) is 4.46. The molecule has 0 amide bonds. The zero-order valence-electron chi connectivity index (χ0n) is 9.77. The van der Waals surface area contributed by atoms with Gasteiger partial charge in [0.25, 0.3) is 0 Å². The van der Waals surface area contributed by atoms with Gasteiger partial charge in [-0.25, -0.2) is 9.50 Å². The third-order valence-electron chi connectivity index (χ3n) is 2.47. The van der Waals surface area contributed by atoms with E-state index >= 15 is 0 Å². The summed E-state index contributed by atoms with van der Waals surface area (Å²) in [6.45, 7) is 6.02. The predicted molar refractivity (Wildman–Crippen MR) is 61.5 cm³/mol. The van der Waals surface area contributed by atoms with Crippen LogP contribution in [0.25, 0.3) is 5.65 Å². The fraction of sp³-hybridized carbons (Fsp3) is 0.417. The first-order chi connectivity index (χ1) is 7.58. The maximum atomic E-state index is 11.9. The minimum atomic E-state index is 0.163. The summed E-state index contributed by atoms with van der Waals surface area (Å²) in [5.41, 5.74) is 2.50. The fourth-order valence-corrected chi connectivity index (χ4v) is 1.73. The fourth-order valence-electron chi connectivity index (χ4n) is 1.73. The van der Waals surface area contributed by atoms with Gasteiger partial charge in [0.15, 0.2) is 11.4 Å². The van der Waals surface area contributed by atoms with Crippen LogP contribution in [0.5, 0.6) is 0 Å². The summed E-state index contributed by atoms with van der Waals surface area (Å²) in [5, 5.41) is 4.06. The highest BCUT2D eigenvalue weighted by Gasteiger charge is 2.11. The lowest BCUT2D eigenvalue weighted by atomic mass is 10.0. The number of carbonyl (C=O) groups excluding carboxylic acids is 1. The van der Waals surface area contributed by atoms with E-state index in [4.69, 9.17) is 0 Å². The van der Waals surface area contributed by atoms with E-state index in [1.807, 2.05) is 26.8 Å². The number of ketones is 1. The first-order valence-corrected chi connectivity index (χ1v) is 5.41. The molecule has 2 rings (SSSR count). The van der Waals surface area contributed by atoms with Crippen LogP contribution in [0.15, 0.2) is 18.6 Å². The number of aromatic nitrogens is 3. The molecule has 0 aliphatic rings. The van der Waals surface area contributed by atoms with Gasteiger partial charge in [-0.2, -0.15) is 5.10 Å². The smallest absolute Gasteiger partial charge is 0.164 e. The van der Waals surface area contributed by atoms with E-state index in [0.717, 1.165) is 11.2 Å². The average Bonchev–Trinajstić information content (AvgIpc) is 2.64. The average molecular weight is 217 g/mol. The molecule has 4 heteroatoms. The van der Waals surface area contributed by atoms with Gasteiger partial charge in [0.2, 0.25) is 0 Å². The van der Waals surface area contributed by atoms with Crippen LogP contribution in [0, 0.1) is 12.8 Å². The molecule has 0 aliphatic carbocycles. The van der Waals surface area contributed by atoms with Crippen molar-refractivity contribution in [3.8, 4) is 0 Å². The Morgan fingerprint density at radius 1 is 1.50 bits per heavy atom. The van der Waals surface area contributed by atoms with Crippen molar-refractivity contribution in [2.24, 2.45) is 5.92 Å². The molecule has 0 saturated carbocycles. The number of aryl methyl sites for hydroxylation is 1. The van der Waals surface area contributed by atoms with Crippen LogP contribution in [0.2, 0.25) is 0 Å². The van der Waals surface area contributed by atoms with Gasteiger partial charge < -0.3 is 0 Å². The molecule has 4 nitrogen and oxygen atoms in total. The highest BCUT2D eigenvalue weighted by atomic mass is 16.1. The van der Waals surface area contributed by atoms with Gasteiger partial charge in [-0.15, -0.1) is 0 Å². The van der Waals surface area contributed by atoms with E-state index in [9.17, 15) is 4.79 Å². The summed E-state index contributed by atoms with van der Waals surface area (Å²) in [6.07, 6.45) is 3.82. The largest absolute Gasteiger partial charge is 0.294 e. The number of hydrogen-bond acceptors (Lipinski definition) is 3. The van der Waals surface area contributed by atoms with Crippen molar-refractivity contribution in [3.05, 3.63) is 29.7 Å². The summed E-state index contributed by atoms with van der Waals surface area (Å²) < 4.78 is 1.66. The van der Waals surface area contributed by atoms with Crippen LogP contribution in [0.1, 0.15) is 36.2 Å². The highest BCUT2D eigenvalue weighted by molar-refractivity contribution is 5.96. The first-order valence-electron chi connectivity index (χ1n) is 5.41. The normalized spacial score (nSPS) is 11.2. The predicted octanol–water partition coefficient (Wildman–Crippen LogP) is 2.27. The molecule has 0 N–H and O–H groups in total. The number of Topliss-reactive ketones (excluding diaryl/α,β-unsaturated/α-hetero) is 1. The SMILES string of the molecule is Cc1cc(C(=O)CC(C)C)cn2ncnc12. The number of hydrogen-bond donors (Lipinski definition) is 0. The Bertz CT molecular complexity index is 528. The van der Waals surface area contributed by atoms with E-state index < -0.39 is 0 Å². The molecule has 16 heavy (non-hydrogen) atoms. The molecule has 2 aromatic heterocycles. The zero-order valence-corrected chi connectivity index (χ0v) is 9.77. The van der Waals surface area contributed by atoms with Crippen molar-refractivity contribution in [2.45, 2.75) is 27.2 Å². The minimum absolute atomic E-state index is 0.163. The summed E-state index contributed by atoms with van der Waals surface area (Å²) in [6, 6.07) is 1.88. The monoisotopic (exact) mass is 217 g/mol. The van der Waals surface area contributed by atoms with Crippen LogP contribution in [0.3, 0.4) is 0 Å². The van der Waals surface area contributed by atoms with Gasteiger partial charge in [-0.3, -0.25) is 4.79 Å². The maximum absolute atomic E-state index is 11.9. The van der Waals surface area contributed by atoms with Crippen molar-refractivity contribution >= 4 is 11.4 Å². The minimum Gasteiger partial charge on any atom is -0.294 e. The van der Waals surface area contributed by atoms with Gasteiger partial charge in [0, 0.05) is 18.2 Å². The lowest BCUT2D eigenvalue weighted by molar-refractivity contribution is 0.0967. The Hall–Kier alpha value is -1.71. The quantitative estimate of drug-likeness (QED) is 0.741. The van der Waals surface area contributed by atoms with Crippen LogP contribution in [-0.2, 0) is 0 Å². The van der Waals surface area contributed by atoms with Gasteiger partial charge in [-0.1, -0.05) is 13.8 Å². The van der Waals surface area contributed by atoms with E-state index in [-0.39, 0.29) is 5.78 Å². The lowest BCUT2D eigenvalue weighted by Crippen LogP contribution is -2.06. The van der Waals surface area contributed by atoms with Gasteiger partial charge >= 0.3 is 0 Å². The molecule has 2 aromatic rings. The number of fused-ring (bicyclic) bond motifs is 1. The second kappa shape index (κ2) is 4.04. The Labute approximate surface area is 94.3 Å². The maximum Gasteiger partial charge on any atom is 0.164 e. The van der Waals surface area contributed by atoms with Crippen LogP contribution in [-0.4, -0.2) is 20.4 Å². The Kier molecular flexibility index (Phi) is 2.73. The van der Waals surface area contributed by atoms with Gasteiger partial charge in [0.1, 0.15) is 6.33 Å². The van der Waals surface area contributed by atoms with E-state index in [0.29, 0.717) is 17.9 Å². The second-order valence-corrected chi connectivity index (χ2v) is 4.46. The molecule has 0 fully saturated rings. The molecule has 0 unspecified atom stereocenters. The van der Waals surface area contributed by atoms with Crippen molar-refractivity contribution in [1.82, 2.24) is 14.6 Å². The van der Waals surface area contributed by atoms with E-state index in [2.05, 4.69) is 10.1 Å². The topological polar surface area (TPSA) is 47.3 Å². The Morgan fingerprint density at radius 2 is 2.25 bits per heavy atom.